The van der Waals surface area contributed by atoms with Crippen LogP contribution >= 0.6 is 7.82 Å². The van der Waals surface area contributed by atoms with Gasteiger partial charge in [0.25, 0.3) is 5.56 Å². The maximum Gasteiger partial charge on any atom is 0.455 e. The van der Waals surface area contributed by atoms with E-state index in [1.54, 1.807) is 6.92 Å². The Morgan fingerprint density at radius 2 is 1.58 bits per heavy atom. The van der Waals surface area contributed by atoms with E-state index in [2.05, 4.69) is 24.6 Å². The molecule has 3 atom stereocenters. The van der Waals surface area contributed by atoms with Gasteiger partial charge in [-0.2, -0.15) is 0 Å². The van der Waals surface area contributed by atoms with E-state index in [1.807, 2.05) is 39.3 Å². The highest BCUT2D eigenvalue weighted by Gasteiger charge is 2.44. The van der Waals surface area contributed by atoms with Crippen LogP contribution in [0.1, 0.15) is 18.2 Å². The molecule has 0 saturated carbocycles. The van der Waals surface area contributed by atoms with Crippen molar-refractivity contribution in [2.24, 2.45) is 0 Å². The topological polar surface area (TPSA) is 118 Å². The molecule has 1 aliphatic rings. The Morgan fingerprint density at radius 3 is 2.06 bits per heavy atom. The summed E-state index contributed by atoms with van der Waals surface area (Å²) >= 11 is 0. The van der Waals surface area contributed by atoms with Gasteiger partial charge in [-0.25, -0.2) is 9.36 Å². The molecule has 1 saturated heterocycles. The Morgan fingerprint density at radius 1 is 1.03 bits per heavy atom. The number of hydrogen-bond donors (Lipinski definition) is 1. The number of H-pyrrole nitrogens is 1. The highest BCUT2D eigenvalue weighted by atomic mass is 31.2. The van der Waals surface area contributed by atoms with Crippen LogP contribution in [0.5, 0.6) is 0 Å². The van der Waals surface area contributed by atoms with E-state index >= 15 is 0 Å². The monoisotopic (exact) mass is 538 g/mol. The molecule has 1 aliphatic heterocycles. The van der Waals surface area contributed by atoms with Crippen molar-refractivity contribution in [3.63, 3.8) is 0 Å². The Kier molecular flexibility index (Phi) is 8.80. The third kappa shape index (κ3) is 9.15. The summed E-state index contributed by atoms with van der Waals surface area (Å²) in [6.45, 7) is 19.2. The molecule has 0 radical (unpaired) electrons. The summed E-state index contributed by atoms with van der Waals surface area (Å²) < 4.78 is 44.8. The second-order valence-corrected chi connectivity index (χ2v) is 26.8. The van der Waals surface area contributed by atoms with Crippen LogP contribution in [0.25, 0.3) is 0 Å². The first-order valence-electron chi connectivity index (χ1n) is 11.1. The Labute approximate surface area is 199 Å². The second kappa shape index (κ2) is 10.2. The fourth-order valence-corrected chi connectivity index (χ4v) is 11.1. The number of nitrogens with one attached hydrogen (secondary N) is 1. The van der Waals surface area contributed by atoms with Crippen molar-refractivity contribution in [1.82, 2.24) is 9.55 Å². The summed E-state index contributed by atoms with van der Waals surface area (Å²) in [7, 11) is -10.3. The Balaban J connectivity index is 2.29. The first-order valence-corrected chi connectivity index (χ1v) is 22.8. The van der Waals surface area contributed by atoms with Crippen LogP contribution in [0, 0.1) is 6.92 Å². The van der Waals surface area contributed by atoms with Crippen LogP contribution in [0.3, 0.4) is 0 Å². The van der Waals surface area contributed by atoms with Crippen LogP contribution in [0.15, 0.2) is 15.8 Å². The minimum absolute atomic E-state index is 0.0744. The Bertz CT molecular complexity index is 973. The molecule has 0 amide bonds. The molecular weight excluding hydrogens is 499 g/mol. The van der Waals surface area contributed by atoms with E-state index in [0.717, 1.165) is 0 Å². The normalized spacial score (nSPS) is 22.7. The smallest absolute Gasteiger partial charge is 0.412 e. The van der Waals surface area contributed by atoms with E-state index in [9.17, 15) is 14.2 Å². The molecular formula is C19H39N2O8PSi3. The SMILES string of the molecule is Cc1cn([C@H]2C[C@H](O[Si](C)(C)C)[C@@H](COP(=O)(O[Si](C)(C)C)O[Si](C)(C)C)O2)c(=O)[nH]c1=O. The van der Waals surface area contributed by atoms with Gasteiger partial charge in [0.15, 0.2) is 25.0 Å². The predicted octanol–water partition coefficient (Wildman–Crippen LogP) is 4.18. The van der Waals surface area contributed by atoms with Gasteiger partial charge in [-0.15, -0.1) is 0 Å². The maximum absolute atomic E-state index is 13.5. The van der Waals surface area contributed by atoms with E-state index < -0.39 is 56.4 Å². The predicted molar refractivity (Wildman–Crippen MR) is 135 cm³/mol. The van der Waals surface area contributed by atoms with Crippen molar-refractivity contribution < 1.29 is 26.7 Å². The van der Waals surface area contributed by atoms with E-state index in [4.69, 9.17) is 22.1 Å². The van der Waals surface area contributed by atoms with Gasteiger partial charge < -0.3 is 17.6 Å². The molecule has 0 spiro atoms. The number of aryl methyl sites for hydroxylation is 1. The maximum atomic E-state index is 13.5. The molecule has 1 N–H and O–H groups in total. The molecule has 0 bridgehead atoms. The summed E-state index contributed by atoms with van der Waals surface area (Å²) in [6, 6.07) is 0. The van der Waals surface area contributed by atoms with Crippen molar-refractivity contribution >= 4 is 32.8 Å². The number of aromatic amines is 1. The third-order valence-electron chi connectivity index (χ3n) is 4.31. The van der Waals surface area contributed by atoms with Gasteiger partial charge in [-0.3, -0.25) is 18.9 Å². The zero-order chi connectivity index (χ0) is 25.4. The fourth-order valence-electron chi connectivity index (χ4n) is 3.31. The lowest BCUT2D eigenvalue weighted by molar-refractivity contribution is -0.0419. The molecule has 33 heavy (non-hydrogen) atoms. The zero-order valence-corrected chi connectivity index (χ0v) is 25.3. The van der Waals surface area contributed by atoms with E-state index in [0.29, 0.717) is 12.0 Å². The lowest BCUT2D eigenvalue weighted by Crippen LogP contribution is -2.38. The minimum atomic E-state index is -3.82. The van der Waals surface area contributed by atoms with Gasteiger partial charge in [0.2, 0.25) is 0 Å². The van der Waals surface area contributed by atoms with Crippen LogP contribution in [0.2, 0.25) is 58.9 Å². The van der Waals surface area contributed by atoms with Crippen LogP contribution in [0.4, 0.5) is 0 Å². The van der Waals surface area contributed by atoms with Gasteiger partial charge >= 0.3 is 13.5 Å². The van der Waals surface area contributed by atoms with Gasteiger partial charge in [0.05, 0.1) is 12.7 Å². The number of rotatable bonds is 10. The average molecular weight is 539 g/mol. The van der Waals surface area contributed by atoms with E-state index in [-0.39, 0.29) is 12.7 Å². The van der Waals surface area contributed by atoms with Gasteiger partial charge in [0, 0.05) is 18.2 Å². The molecule has 10 nitrogen and oxygen atoms in total. The highest BCUT2D eigenvalue weighted by Crippen LogP contribution is 2.54. The second-order valence-electron chi connectivity index (χ2n) is 11.3. The van der Waals surface area contributed by atoms with Crippen molar-refractivity contribution in [3.05, 3.63) is 32.6 Å². The molecule has 0 aromatic carbocycles. The number of ether oxygens (including phenoxy) is 1. The van der Waals surface area contributed by atoms with E-state index in [1.165, 1.54) is 10.8 Å². The van der Waals surface area contributed by atoms with Crippen LogP contribution in [-0.4, -0.2) is 53.3 Å². The van der Waals surface area contributed by atoms with Gasteiger partial charge in [-0.1, -0.05) is 0 Å². The molecule has 1 aromatic rings. The summed E-state index contributed by atoms with van der Waals surface area (Å²) in [4.78, 5) is 26.5. The summed E-state index contributed by atoms with van der Waals surface area (Å²) in [5.41, 5.74) is -0.590. The van der Waals surface area contributed by atoms with Gasteiger partial charge in [-0.05, 0) is 65.8 Å². The molecule has 14 heteroatoms. The third-order valence-corrected chi connectivity index (χ3v) is 12.0. The van der Waals surface area contributed by atoms with Crippen LogP contribution in [-0.2, 0) is 26.7 Å². The average Bonchev–Trinajstić information content (AvgIpc) is 2.93. The minimum Gasteiger partial charge on any atom is -0.412 e. The summed E-state index contributed by atoms with van der Waals surface area (Å²) in [5.74, 6) is 0. The van der Waals surface area contributed by atoms with Crippen molar-refractivity contribution in [2.45, 2.75) is 90.7 Å². The summed E-state index contributed by atoms with van der Waals surface area (Å²) in [5, 5.41) is 0. The molecule has 1 aromatic heterocycles. The molecule has 190 valence electrons. The van der Waals surface area contributed by atoms with Crippen molar-refractivity contribution in [3.8, 4) is 0 Å². The molecule has 2 heterocycles. The largest absolute Gasteiger partial charge is 0.455 e. The lowest BCUT2D eigenvalue weighted by Gasteiger charge is -2.31. The zero-order valence-electron chi connectivity index (χ0n) is 21.4. The number of nitrogens with zero attached hydrogens (tertiary/aromatic N) is 1. The van der Waals surface area contributed by atoms with Gasteiger partial charge in [0.1, 0.15) is 12.3 Å². The van der Waals surface area contributed by atoms with Crippen molar-refractivity contribution in [2.75, 3.05) is 6.61 Å². The molecule has 0 aliphatic carbocycles. The molecule has 1 fully saturated rings. The summed E-state index contributed by atoms with van der Waals surface area (Å²) in [6.07, 6.45) is 0.238. The Hall–Kier alpha value is -0.639. The first kappa shape index (κ1) is 28.6. The number of hydrogen-bond acceptors (Lipinski definition) is 8. The standard InChI is InChI=1S/C19H39N2O8PSi3/c1-14-12-21(19(23)20-18(14)22)17-11-15(27-31(2,3)4)16(26-17)13-25-30(24,28-32(5,6)7)29-33(8,9)10/h12,15-17H,11,13H2,1-10H3,(H,20,22,23)/t15-,16+,17+/m0/s1. The number of aromatic nitrogens is 2. The first-order chi connectivity index (χ1) is 14.8. The lowest BCUT2D eigenvalue weighted by atomic mass is 10.2. The molecule has 2 rings (SSSR count). The fraction of sp³-hybridized carbons (Fsp3) is 0.789. The number of phosphoric acid groups is 1. The highest BCUT2D eigenvalue weighted by molar-refractivity contribution is 7.52. The van der Waals surface area contributed by atoms with Crippen LogP contribution < -0.4 is 11.2 Å². The van der Waals surface area contributed by atoms with Crippen molar-refractivity contribution in [1.29, 1.82) is 0 Å². The quantitative estimate of drug-likeness (QED) is 0.348. The molecule has 0 unspecified atom stereocenters.